The van der Waals surface area contributed by atoms with Crippen molar-refractivity contribution < 1.29 is 0 Å². The van der Waals surface area contributed by atoms with Gasteiger partial charge in [-0.25, -0.2) is 4.98 Å². The Labute approximate surface area is 103 Å². The molecule has 17 heavy (non-hydrogen) atoms. The van der Waals surface area contributed by atoms with Crippen molar-refractivity contribution in [1.29, 1.82) is 0 Å². The van der Waals surface area contributed by atoms with E-state index in [1.165, 1.54) is 0 Å². The van der Waals surface area contributed by atoms with Crippen molar-refractivity contribution in [3.63, 3.8) is 0 Å². The van der Waals surface area contributed by atoms with E-state index < -0.39 is 0 Å². The Hall–Kier alpha value is -1.13. The summed E-state index contributed by atoms with van der Waals surface area (Å²) in [5.74, 6) is 1.06. The van der Waals surface area contributed by atoms with Crippen LogP contribution in [0.1, 0.15) is 25.5 Å². The molecule has 0 aromatic carbocycles. The van der Waals surface area contributed by atoms with Gasteiger partial charge >= 0.3 is 0 Å². The number of nitrogens with two attached hydrogens (primary N) is 1. The Bertz CT molecular complexity index is 377. The Morgan fingerprint density at radius 2 is 2.24 bits per heavy atom. The third kappa shape index (κ3) is 2.76. The average Bonchev–Trinajstić information content (AvgIpc) is 2.29. The molecule has 4 heteroatoms. The van der Waals surface area contributed by atoms with Gasteiger partial charge in [-0.05, 0) is 38.6 Å². The highest BCUT2D eigenvalue weighted by Crippen LogP contribution is 2.20. The van der Waals surface area contributed by atoms with Crippen molar-refractivity contribution in [2.24, 2.45) is 5.73 Å². The van der Waals surface area contributed by atoms with E-state index in [0.29, 0.717) is 6.04 Å². The number of hydrogen-bond acceptors (Lipinski definition) is 4. The second-order valence-corrected chi connectivity index (χ2v) is 5.04. The summed E-state index contributed by atoms with van der Waals surface area (Å²) in [7, 11) is 2.17. The van der Waals surface area contributed by atoms with Crippen molar-refractivity contribution >= 4 is 5.82 Å². The predicted octanol–water partition coefficient (Wildman–Crippen LogP) is 1.24. The molecule has 1 aliphatic heterocycles. The molecule has 0 bridgehead atoms. The van der Waals surface area contributed by atoms with E-state index in [1.807, 2.05) is 19.2 Å². The molecule has 1 fully saturated rings. The molecule has 2 atom stereocenters. The molecule has 1 aliphatic rings. The molecular weight excluding hydrogens is 212 g/mol. The highest BCUT2D eigenvalue weighted by molar-refractivity contribution is 5.43. The summed E-state index contributed by atoms with van der Waals surface area (Å²) in [6.07, 6.45) is 1.86. The van der Waals surface area contributed by atoms with Gasteiger partial charge in [-0.3, -0.25) is 0 Å². The van der Waals surface area contributed by atoms with E-state index in [1.54, 1.807) is 0 Å². The van der Waals surface area contributed by atoms with Crippen molar-refractivity contribution in [3.05, 3.63) is 23.9 Å². The molecule has 0 saturated carbocycles. The minimum Gasteiger partial charge on any atom is -0.351 e. The highest BCUT2D eigenvalue weighted by Gasteiger charge is 2.22. The Kier molecular flexibility index (Phi) is 3.64. The number of piperazine rings is 1. The van der Waals surface area contributed by atoms with Crippen molar-refractivity contribution in [2.75, 3.05) is 31.6 Å². The summed E-state index contributed by atoms with van der Waals surface area (Å²) in [5.41, 5.74) is 7.07. The molecule has 2 heterocycles. The number of hydrogen-bond donors (Lipinski definition) is 1. The van der Waals surface area contributed by atoms with Crippen LogP contribution in [0.15, 0.2) is 18.3 Å². The van der Waals surface area contributed by atoms with Crippen molar-refractivity contribution in [3.8, 4) is 0 Å². The lowest BCUT2D eigenvalue weighted by Gasteiger charge is -2.39. The summed E-state index contributed by atoms with van der Waals surface area (Å²) in [4.78, 5) is 9.20. The summed E-state index contributed by atoms with van der Waals surface area (Å²) in [6.45, 7) is 7.47. The van der Waals surface area contributed by atoms with Gasteiger partial charge in [0, 0.05) is 37.9 Å². The van der Waals surface area contributed by atoms with E-state index in [-0.39, 0.29) is 6.04 Å². The van der Waals surface area contributed by atoms with Crippen LogP contribution in [0.4, 0.5) is 5.82 Å². The molecule has 0 amide bonds. The molecule has 0 radical (unpaired) electrons. The van der Waals surface area contributed by atoms with Crippen LogP contribution >= 0.6 is 0 Å². The Morgan fingerprint density at radius 1 is 1.47 bits per heavy atom. The average molecular weight is 234 g/mol. The normalized spacial score (nSPS) is 23.8. The van der Waals surface area contributed by atoms with Crippen LogP contribution in [0.25, 0.3) is 0 Å². The van der Waals surface area contributed by atoms with Crippen LogP contribution < -0.4 is 10.6 Å². The number of likely N-dealkylation sites (N-methyl/N-ethyl adjacent to an activating group) is 1. The van der Waals surface area contributed by atoms with Crippen molar-refractivity contribution in [2.45, 2.75) is 25.9 Å². The van der Waals surface area contributed by atoms with Gasteiger partial charge in [-0.1, -0.05) is 0 Å². The van der Waals surface area contributed by atoms with E-state index in [2.05, 4.69) is 34.8 Å². The number of anilines is 1. The van der Waals surface area contributed by atoms with E-state index in [9.17, 15) is 0 Å². The maximum absolute atomic E-state index is 5.91. The number of pyridine rings is 1. The topological polar surface area (TPSA) is 45.4 Å². The molecule has 0 spiro atoms. The summed E-state index contributed by atoms with van der Waals surface area (Å²) < 4.78 is 0. The summed E-state index contributed by atoms with van der Waals surface area (Å²) in [5, 5.41) is 0. The molecule has 94 valence electrons. The first-order chi connectivity index (χ1) is 8.08. The SMILES string of the molecule is CC1CN(C)CCN1c1cc([C@H](C)N)ccn1. The minimum atomic E-state index is 0.0690. The fraction of sp³-hybridized carbons (Fsp3) is 0.615. The van der Waals surface area contributed by atoms with Crippen LogP contribution in [0.2, 0.25) is 0 Å². The van der Waals surface area contributed by atoms with Gasteiger partial charge < -0.3 is 15.5 Å². The number of nitrogens with zero attached hydrogens (tertiary/aromatic N) is 3. The molecule has 2 N–H and O–H groups in total. The van der Waals surface area contributed by atoms with Gasteiger partial charge in [-0.15, -0.1) is 0 Å². The minimum absolute atomic E-state index is 0.0690. The maximum Gasteiger partial charge on any atom is 0.129 e. The molecular formula is C13H22N4. The Morgan fingerprint density at radius 3 is 2.88 bits per heavy atom. The third-order valence-corrected chi connectivity index (χ3v) is 3.42. The first-order valence-corrected chi connectivity index (χ1v) is 6.24. The quantitative estimate of drug-likeness (QED) is 0.836. The zero-order valence-electron chi connectivity index (χ0n) is 10.9. The van der Waals surface area contributed by atoms with Gasteiger partial charge in [0.15, 0.2) is 0 Å². The number of rotatable bonds is 2. The van der Waals surface area contributed by atoms with E-state index >= 15 is 0 Å². The highest BCUT2D eigenvalue weighted by atomic mass is 15.3. The molecule has 0 aliphatic carbocycles. The first kappa shape index (κ1) is 12.3. The van der Waals surface area contributed by atoms with Crippen LogP contribution in [0.5, 0.6) is 0 Å². The lowest BCUT2D eigenvalue weighted by Crippen LogP contribution is -2.50. The molecule has 4 nitrogen and oxygen atoms in total. The monoisotopic (exact) mass is 234 g/mol. The second kappa shape index (κ2) is 5.02. The largest absolute Gasteiger partial charge is 0.351 e. The molecule has 1 saturated heterocycles. The van der Waals surface area contributed by atoms with Gasteiger partial charge in [0.05, 0.1) is 0 Å². The standard InChI is InChI=1S/C13H22N4/c1-10-9-16(3)6-7-17(10)13-8-12(11(2)14)4-5-15-13/h4-5,8,10-11H,6-7,9,14H2,1-3H3/t10?,11-/m0/s1. The molecule has 1 aromatic heterocycles. The van der Waals surface area contributed by atoms with Crippen LogP contribution in [-0.4, -0.2) is 42.6 Å². The predicted molar refractivity (Wildman–Crippen MR) is 71.1 cm³/mol. The van der Waals surface area contributed by atoms with Crippen LogP contribution in [0, 0.1) is 0 Å². The second-order valence-electron chi connectivity index (χ2n) is 5.04. The summed E-state index contributed by atoms with van der Waals surface area (Å²) in [6, 6.07) is 4.69. The first-order valence-electron chi connectivity index (χ1n) is 6.24. The van der Waals surface area contributed by atoms with E-state index in [0.717, 1.165) is 31.0 Å². The van der Waals surface area contributed by atoms with Crippen molar-refractivity contribution in [1.82, 2.24) is 9.88 Å². The fourth-order valence-electron chi connectivity index (χ4n) is 2.35. The van der Waals surface area contributed by atoms with Gasteiger partial charge in [0.2, 0.25) is 0 Å². The van der Waals surface area contributed by atoms with Gasteiger partial charge in [-0.2, -0.15) is 0 Å². The van der Waals surface area contributed by atoms with E-state index in [4.69, 9.17) is 5.73 Å². The van der Waals surface area contributed by atoms with Gasteiger partial charge in [0.25, 0.3) is 0 Å². The zero-order valence-corrected chi connectivity index (χ0v) is 10.9. The smallest absolute Gasteiger partial charge is 0.129 e. The molecule has 1 unspecified atom stereocenters. The fourth-order valence-corrected chi connectivity index (χ4v) is 2.35. The number of aromatic nitrogens is 1. The lowest BCUT2D eigenvalue weighted by atomic mass is 10.1. The Balaban J connectivity index is 2.19. The van der Waals surface area contributed by atoms with Crippen LogP contribution in [-0.2, 0) is 0 Å². The molecule has 1 aromatic rings. The van der Waals surface area contributed by atoms with Gasteiger partial charge in [0.1, 0.15) is 5.82 Å². The zero-order chi connectivity index (χ0) is 12.4. The third-order valence-electron chi connectivity index (χ3n) is 3.42. The summed E-state index contributed by atoms with van der Waals surface area (Å²) >= 11 is 0. The van der Waals surface area contributed by atoms with Crippen LogP contribution in [0.3, 0.4) is 0 Å². The molecule has 2 rings (SSSR count). The maximum atomic E-state index is 5.91. The lowest BCUT2D eigenvalue weighted by molar-refractivity contribution is 0.274.